The first-order chi connectivity index (χ1) is 19.6. The summed E-state index contributed by atoms with van der Waals surface area (Å²) in [6.45, 7) is 23.0. The quantitative estimate of drug-likeness (QED) is 0.103. The Morgan fingerprint density at radius 2 is 0.833 bits per heavy atom. The predicted molar refractivity (Wildman–Crippen MR) is 155 cm³/mol. The molecule has 0 aliphatic heterocycles. The molecule has 0 amide bonds. The molecule has 11 heteroatoms. The van der Waals surface area contributed by atoms with Crippen LogP contribution in [0.4, 0.5) is 0 Å². The van der Waals surface area contributed by atoms with Crippen molar-refractivity contribution in [3.05, 3.63) is 63.3 Å². The van der Waals surface area contributed by atoms with Crippen LogP contribution in [-0.4, -0.2) is 75.1 Å². The smallest absolute Gasteiger partial charge is 0.330 e. The summed E-state index contributed by atoms with van der Waals surface area (Å²) in [5, 5.41) is 0. The second kappa shape index (κ2) is 18.4. The summed E-state index contributed by atoms with van der Waals surface area (Å²) in [4.78, 5) is 59.7. The van der Waals surface area contributed by atoms with E-state index < -0.39 is 46.3 Å². The third-order valence-electron chi connectivity index (χ3n) is 5.85. The molecule has 0 fully saturated rings. The Morgan fingerprint density at radius 1 is 0.548 bits per heavy atom. The zero-order valence-electron chi connectivity index (χ0n) is 25.1. The standard InChI is InChI=1S/C31H44O11/c1-10-24(32)37-17-30(15-23(6)7,18-38-25(33)11-2)22-42-29(8,9)16-31(19-39-26(34)12-3,20-40-27(35)13-4)21-41-28(36)14-5/h10-14,23H,1-5,15-22H2,6-9H3. The molecule has 0 rings (SSSR count). The monoisotopic (exact) mass is 592 g/mol. The van der Waals surface area contributed by atoms with Crippen LogP contribution in [0.1, 0.15) is 40.5 Å². The van der Waals surface area contributed by atoms with Crippen molar-refractivity contribution < 1.29 is 52.4 Å². The fourth-order valence-electron chi connectivity index (χ4n) is 4.16. The van der Waals surface area contributed by atoms with E-state index in [0.717, 1.165) is 30.4 Å². The van der Waals surface area contributed by atoms with E-state index in [2.05, 4.69) is 32.9 Å². The second-order valence-electron chi connectivity index (χ2n) is 10.9. The summed E-state index contributed by atoms with van der Waals surface area (Å²) in [7, 11) is 0. The Kier molecular flexibility index (Phi) is 16.7. The molecule has 0 spiro atoms. The fourth-order valence-corrected chi connectivity index (χ4v) is 4.16. The molecule has 0 saturated heterocycles. The largest absolute Gasteiger partial charge is 0.462 e. The molecule has 0 aliphatic rings. The first-order valence-corrected chi connectivity index (χ1v) is 13.2. The molecule has 42 heavy (non-hydrogen) atoms. The number of carbonyl (C=O) groups is 5. The van der Waals surface area contributed by atoms with Crippen LogP contribution in [-0.2, 0) is 52.4 Å². The third kappa shape index (κ3) is 15.1. The third-order valence-corrected chi connectivity index (χ3v) is 5.85. The van der Waals surface area contributed by atoms with Crippen LogP contribution in [0.2, 0.25) is 0 Å². The number of esters is 5. The fraction of sp³-hybridized carbons (Fsp3) is 0.516. The van der Waals surface area contributed by atoms with E-state index in [1.807, 2.05) is 13.8 Å². The first kappa shape index (κ1) is 38.0. The minimum atomic E-state index is -1.27. The summed E-state index contributed by atoms with van der Waals surface area (Å²) in [6, 6.07) is 0. The van der Waals surface area contributed by atoms with E-state index >= 15 is 0 Å². The molecule has 11 nitrogen and oxygen atoms in total. The van der Waals surface area contributed by atoms with Crippen molar-refractivity contribution in [1.82, 2.24) is 0 Å². The first-order valence-electron chi connectivity index (χ1n) is 13.2. The minimum absolute atomic E-state index is 0.0376. The van der Waals surface area contributed by atoms with Gasteiger partial charge in [-0.25, -0.2) is 24.0 Å². The molecule has 0 unspecified atom stereocenters. The minimum Gasteiger partial charge on any atom is -0.462 e. The maximum Gasteiger partial charge on any atom is 0.330 e. The molecule has 0 heterocycles. The average molecular weight is 593 g/mol. The van der Waals surface area contributed by atoms with Gasteiger partial charge in [0.25, 0.3) is 0 Å². The van der Waals surface area contributed by atoms with Crippen LogP contribution in [0, 0.1) is 16.7 Å². The van der Waals surface area contributed by atoms with E-state index in [4.69, 9.17) is 28.4 Å². The Balaban J connectivity index is 6.39. The lowest BCUT2D eigenvalue weighted by atomic mass is 9.78. The molecule has 0 radical (unpaired) electrons. The van der Waals surface area contributed by atoms with Crippen molar-refractivity contribution in [3.63, 3.8) is 0 Å². The molecular weight excluding hydrogens is 548 g/mol. The summed E-state index contributed by atoms with van der Waals surface area (Å²) >= 11 is 0. The molecule has 0 saturated carbocycles. The molecule has 0 N–H and O–H groups in total. The van der Waals surface area contributed by atoms with Crippen molar-refractivity contribution in [2.24, 2.45) is 16.7 Å². The van der Waals surface area contributed by atoms with E-state index in [-0.39, 0.29) is 52.0 Å². The molecule has 0 aromatic heterocycles. The van der Waals surface area contributed by atoms with Crippen molar-refractivity contribution >= 4 is 29.8 Å². The highest BCUT2D eigenvalue weighted by atomic mass is 16.6. The van der Waals surface area contributed by atoms with Crippen LogP contribution < -0.4 is 0 Å². The van der Waals surface area contributed by atoms with Crippen LogP contribution in [0.25, 0.3) is 0 Å². The van der Waals surface area contributed by atoms with E-state index in [9.17, 15) is 24.0 Å². The Hall–Kier alpha value is -3.99. The Morgan fingerprint density at radius 3 is 1.10 bits per heavy atom. The number of carbonyl (C=O) groups excluding carboxylic acids is 5. The van der Waals surface area contributed by atoms with Gasteiger partial charge in [-0.2, -0.15) is 0 Å². The van der Waals surface area contributed by atoms with Crippen molar-refractivity contribution in [2.75, 3.05) is 39.6 Å². The highest BCUT2D eigenvalue weighted by Crippen LogP contribution is 2.36. The molecule has 0 aliphatic carbocycles. The maximum atomic E-state index is 12.0. The number of hydrogen-bond donors (Lipinski definition) is 0. The average Bonchev–Trinajstić information content (AvgIpc) is 2.96. The second-order valence-corrected chi connectivity index (χ2v) is 10.9. The van der Waals surface area contributed by atoms with Gasteiger partial charge < -0.3 is 28.4 Å². The van der Waals surface area contributed by atoms with E-state index in [0.29, 0.717) is 6.42 Å². The number of rotatable bonds is 22. The van der Waals surface area contributed by atoms with Gasteiger partial charge in [0.05, 0.1) is 23.0 Å². The molecule has 0 atom stereocenters. The normalized spacial score (nSPS) is 11.5. The molecule has 0 bridgehead atoms. The van der Waals surface area contributed by atoms with E-state index in [1.165, 1.54) is 0 Å². The molecule has 0 aromatic rings. The van der Waals surface area contributed by atoms with Gasteiger partial charge in [0.1, 0.15) is 33.0 Å². The van der Waals surface area contributed by atoms with Gasteiger partial charge in [-0.05, 0) is 32.6 Å². The zero-order valence-corrected chi connectivity index (χ0v) is 25.1. The molecule has 234 valence electrons. The van der Waals surface area contributed by atoms with Crippen molar-refractivity contribution in [3.8, 4) is 0 Å². The predicted octanol–water partition coefficient (Wildman–Crippen LogP) is 3.84. The summed E-state index contributed by atoms with van der Waals surface area (Å²) in [5.41, 5.74) is -3.30. The van der Waals surface area contributed by atoms with Crippen LogP contribution in [0.5, 0.6) is 0 Å². The lowest BCUT2D eigenvalue weighted by molar-refractivity contribution is -0.173. The van der Waals surface area contributed by atoms with Gasteiger partial charge in [-0.1, -0.05) is 46.7 Å². The molecular formula is C31H44O11. The molecule has 0 aromatic carbocycles. The Labute approximate surface area is 248 Å². The SMILES string of the molecule is C=CC(=O)OCC(COC(=O)C=C)(COC(C)(C)CC(COC(=O)C=C)(COC(=O)C=C)COC(=O)C=C)CC(C)C. The number of ether oxygens (including phenoxy) is 6. The lowest BCUT2D eigenvalue weighted by Crippen LogP contribution is -2.47. The van der Waals surface area contributed by atoms with Crippen LogP contribution in [0.3, 0.4) is 0 Å². The number of hydrogen-bond acceptors (Lipinski definition) is 11. The summed E-state index contributed by atoms with van der Waals surface area (Å²) in [6.07, 6.45) is 5.42. The van der Waals surface area contributed by atoms with Crippen molar-refractivity contribution in [1.29, 1.82) is 0 Å². The lowest BCUT2D eigenvalue weighted by Gasteiger charge is -2.41. The summed E-state index contributed by atoms with van der Waals surface area (Å²) < 4.78 is 33.0. The van der Waals surface area contributed by atoms with Gasteiger partial charge in [0.2, 0.25) is 0 Å². The van der Waals surface area contributed by atoms with Crippen molar-refractivity contribution in [2.45, 2.75) is 46.1 Å². The topological polar surface area (TPSA) is 141 Å². The van der Waals surface area contributed by atoms with Gasteiger partial charge in [0, 0.05) is 30.4 Å². The highest BCUT2D eigenvalue weighted by molar-refractivity contribution is 5.82. The zero-order chi connectivity index (χ0) is 32.4. The van der Waals surface area contributed by atoms with Crippen LogP contribution >= 0.6 is 0 Å². The van der Waals surface area contributed by atoms with E-state index in [1.54, 1.807) is 13.8 Å². The Bertz CT molecular complexity index is 923. The highest BCUT2D eigenvalue weighted by Gasteiger charge is 2.43. The van der Waals surface area contributed by atoms with Gasteiger partial charge in [-0.3, -0.25) is 0 Å². The summed E-state index contributed by atoms with van der Waals surface area (Å²) in [5.74, 6) is -3.47. The maximum absolute atomic E-state index is 12.0. The van der Waals surface area contributed by atoms with Gasteiger partial charge in [-0.15, -0.1) is 0 Å². The van der Waals surface area contributed by atoms with Gasteiger partial charge in [0.15, 0.2) is 0 Å². The van der Waals surface area contributed by atoms with Crippen LogP contribution in [0.15, 0.2) is 63.3 Å². The van der Waals surface area contributed by atoms with Gasteiger partial charge >= 0.3 is 29.8 Å².